The van der Waals surface area contributed by atoms with E-state index in [0.717, 1.165) is 0 Å². The monoisotopic (exact) mass is 287 g/mol. The average Bonchev–Trinajstić information content (AvgIpc) is 2.74. The van der Waals surface area contributed by atoms with Crippen molar-refractivity contribution in [2.24, 2.45) is 0 Å². The third-order valence-electron chi connectivity index (χ3n) is 3.27. The Bertz CT molecular complexity index is 828. The standard InChI is InChI=1S/C14H13N3O4/c1-21-10-2-3-12-11(6-10)14(20)16-17(12)7-8-4-9(18)5-13(19)15-8/h2-4,6H,5,7H2,1H3,(H,15,19)(H,16,20). The van der Waals surface area contributed by atoms with Crippen LogP contribution in [0.5, 0.6) is 5.75 Å². The van der Waals surface area contributed by atoms with Crippen molar-refractivity contribution in [2.75, 3.05) is 7.11 Å². The van der Waals surface area contributed by atoms with Crippen molar-refractivity contribution in [3.63, 3.8) is 0 Å². The summed E-state index contributed by atoms with van der Waals surface area (Å²) >= 11 is 0. The number of fused-ring (bicyclic) bond motifs is 1. The number of ketones is 1. The van der Waals surface area contributed by atoms with Crippen LogP contribution in [0, 0.1) is 0 Å². The van der Waals surface area contributed by atoms with Crippen LogP contribution in [0.1, 0.15) is 6.42 Å². The van der Waals surface area contributed by atoms with Crippen molar-refractivity contribution in [3.05, 3.63) is 40.3 Å². The van der Waals surface area contributed by atoms with E-state index in [-0.39, 0.29) is 30.2 Å². The number of amides is 1. The van der Waals surface area contributed by atoms with Crippen molar-refractivity contribution in [3.8, 4) is 5.75 Å². The second-order valence-electron chi connectivity index (χ2n) is 4.77. The lowest BCUT2D eigenvalue weighted by Crippen LogP contribution is -2.32. The number of aromatic amines is 1. The summed E-state index contributed by atoms with van der Waals surface area (Å²) in [6, 6.07) is 5.13. The molecule has 0 radical (unpaired) electrons. The molecule has 2 heterocycles. The van der Waals surface area contributed by atoms with Crippen LogP contribution in [0.15, 0.2) is 34.8 Å². The van der Waals surface area contributed by atoms with Crippen molar-refractivity contribution in [1.82, 2.24) is 15.1 Å². The number of methoxy groups -OCH3 is 1. The first-order valence-corrected chi connectivity index (χ1v) is 6.36. The number of nitrogens with zero attached hydrogens (tertiary/aromatic N) is 1. The van der Waals surface area contributed by atoms with Crippen molar-refractivity contribution in [2.45, 2.75) is 13.0 Å². The lowest BCUT2D eigenvalue weighted by molar-refractivity contribution is -0.126. The predicted molar refractivity (Wildman–Crippen MR) is 75.0 cm³/mol. The number of aromatic nitrogens is 2. The molecular formula is C14H13N3O4. The first-order valence-electron chi connectivity index (χ1n) is 6.36. The number of rotatable bonds is 3. The Morgan fingerprint density at radius 2 is 2.10 bits per heavy atom. The Hall–Kier alpha value is -2.83. The number of hydrogen-bond donors (Lipinski definition) is 2. The zero-order valence-corrected chi connectivity index (χ0v) is 11.3. The van der Waals surface area contributed by atoms with E-state index in [0.29, 0.717) is 22.3 Å². The number of nitrogens with one attached hydrogen (secondary N) is 2. The molecule has 0 bridgehead atoms. The topological polar surface area (TPSA) is 93.2 Å². The molecule has 0 spiro atoms. The minimum absolute atomic E-state index is 0.135. The molecule has 1 aromatic heterocycles. The predicted octanol–water partition coefficient (Wildman–Crippen LogP) is 0.311. The van der Waals surface area contributed by atoms with Crippen LogP contribution >= 0.6 is 0 Å². The van der Waals surface area contributed by atoms with Crippen molar-refractivity contribution >= 4 is 22.6 Å². The summed E-state index contributed by atoms with van der Waals surface area (Å²) < 4.78 is 6.67. The van der Waals surface area contributed by atoms with Gasteiger partial charge in [-0.05, 0) is 18.2 Å². The summed E-state index contributed by atoms with van der Waals surface area (Å²) in [5.41, 5.74) is 0.882. The first kappa shape index (κ1) is 13.2. The van der Waals surface area contributed by atoms with Crippen molar-refractivity contribution in [1.29, 1.82) is 0 Å². The largest absolute Gasteiger partial charge is 0.497 e. The molecule has 1 aliphatic rings. The second kappa shape index (κ2) is 4.93. The Morgan fingerprint density at radius 3 is 2.81 bits per heavy atom. The van der Waals surface area contributed by atoms with E-state index in [1.807, 2.05) is 0 Å². The van der Waals surface area contributed by atoms with Gasteiger partial charge in [-0.15, -0.1) is 0 Å². The third kappa shape index (κ3) is 2.45. The number of hydrogen-bond acceptors (Lipinski definition) is 4. The van der Waals surface area contributed by atoms with E-state index in [1.54, 1.807) is 22.9 Å². The number of ether oxygens (including phenoxy) is 1. The van der Waals surface area contributed by atoms with Gasteiger partial charge >= 0.3 is 0 Å². The van der Waals surface area contributed by atoms with Gasteiger partial charge in [-0.2, -0.15) is 0 Å². The highest BCUT2D eigenvalue weighted by molar-refractivity contribution is 6.07. The van der Waals surface area contributed by atoms with Crippen LogP contribution in [-0.2, 0) is 16.1 Å². The molecule has 0 fully saturated rings. The fourth-order valence-electron chi connectivity index (χ4n) is 2.35. The molecule has 0 aliphatic carbocycles. The van der Waals surface area contributed by atoms with Gasteiger partial charge in [-0.1, -0.05) is 0 Å². The quantitative estimate of drug-likeness (QED) is 0.795. The average molecular weight is 287 g/mol. The van der Waals surface area contributed by atoms with Gasteiger partial charge in [0.05, 0.1) is 31.0 Å². The van der Waals surface area contributed by atoms with Crippen LogP contribution in [0.4, 0.5) is 0 Å². The minimum atomic E-state index is -0.335. The molecule has 2 N–H and O–H groups in total. The van der Waals surface area contributed by atoms with Crippen LogP contribution in [0.25, 0.3) is 10.9 Å². The molecule has 3 rings (SSSR count). The fourth-order valence-corrected chi connectivity index (χ4v) is 2.35. The maximum atomic E-state index is 11.9. The SMILES string of the molecule is COc1ccc2c(c1)c(=O)[nH]n2CC1=CC(=O)CC(=O)N1. The van der Waals surface area contributed by atoms with Gasteiger partial charge in [0.2, 0.25) is 5.91 Å². The molecule has 7 heteroatoms. The molecule has 21 heavy (non-hydrogen) atoms. The van der Waals surface area contributed by atoms with E-state index in [4.69, 9.17) is 4.74 Å². The number of carbonyl (C=O) groups is 2. The Morgan fingerprint density at radius 1 is 1.29 bits per heavy atom. The van der Waals surface area contributed by atoms with Gasteiger partial charge < -0.3 is 10.1 Å². The highest BCUT2D eigenvalue weighted by Crippen LogP contribution is 2.18. The van der Waals surface area contributed by atoms with Crippen LogP contribution in [0.3, 0.4) is 0 Å². The molecular weight excluding hydrogens is 274 g/mol. The first-order chi connectivity index (χ1) is 10.1. The van der Waals surface area contributed by atoms with Gasteiger partial charge in [-0.25, -0.2) is 0 Å². The van der Waals surface area contributed by atoms with Crippen molar-refractivity contribution < 1.29 is 14.3 Å². The Labute approximate surface area is 119 Å². The molecule has 0 unspecified atom stereocenters. The van der Waals surface area contributed by atoms with Gasteiger partial charge in [-0.3, -0.25) is 24.2 Å². The van der Waals surface area contributed by atoms with Crippen LogP contribution < -0.4 is 15.6 Å². The molecule has 0 saturated heterocycles. The molecule has 0 saturated carbocycles. The Kier molecular flexibility index (Phi) is 3.09. The third-order valence-corrected chi connectivity index (χ3v) is 3.27. The maximum absolute atomic E-state index is 11.9. The maximum Gasteiger partial charge on any atom is 0.272 e. The lowest BCUT2D eigenvalue weighted by Gasteiger charge is -2.14. The summed E-state index contributed by atoms with van der Waals surface area (Å²) in [7, 11) is 1.53. The van der Waals surface area contributed by atoms with E-state index in [2.05, 4.69) is 10.4 Å². The smallest absolute Gasteiger partial charge is 0.272 e. The van der Waals surface area contributed by atoms with E-state index < -0.39 is 0 Å². The normalized spacial score (nSPS) is 15.0. The summed E-state index contributed by atoms with van der Waals surface area (Å²) in [6.45, 7) is 0.211. The van der Waals surface area contributed by atoms with Crippen LogP contribution in [-0.4, -0.2) is 28.6 Å². The highest BCUT2D eigenvalue weighted by Gasteiger charge is 2.18. The molecule has 2 aromatic rings. The van der Waals surface area contributed by atoms with E-state index in [1.165, 1.54) is 13.2 Å². The fraction of sp³-hybridized carbons (Fsp3) is 0.214. The number of benzene rings is 1. The highest BCUT2D eigenvalue weighted by atomic mass is 16.5. The van der Waals surface area contributed by atoms with Gasteiger partial charge in [0, 0.05) is 11.8 Å². The van der Waals surface area contributed by atoms with E-state index in [9.17, 15) is 14.4 Å². The summed E-state index contributed by atoms with van der Waals surface area (Å²) in [6.07, 6.45) is 1.25. The summed E-state index contributed by atoms with van der Waals surface area (Å²) in [4.78, 5) is 34.7. The van der Waals surface area contributed by atoms with E-state index >= 15 is 0 Å². The number of carbonyl (C=O) groups excluding carboxylic acids is 2. The number of allylic oxidation sites excluding steroid dienone is 2. The number of H-pyrrole nitrogens is 1. The zero-order chi connectivity index (χ0) is 15.0. The summed E-state index contributed by atoms with van der Waals surface area (Å²) in [5.74, 6) is 0.0123. The zero-order valence-electron chi connectivity index (χ0n) is 11.3. The second-order valence-corrected chi connectivity index (χ2v) is 4.77. The molecule has 1 aromatic carbocycles. The van der Waals surface area contributed by atoms with Crippen LogP contribution in [0.2, 0.25) is 0 Å². The van der Waals surface area contributed by atoms with Gasteiger partial charge in [0.1, 0.15) is 5.75 Å². The van der Waals surface area contributed by atoms with Gasteiger partial charge in [0.15, 0.2) is 5.78 Å². The lowest BCUT2D eigenvalue weighted by atomic mass is 10.1. The molecule has 1 amide bonds. The van der Waals surface area contributed by atoms with Gasteiger partial charge in [0.25, 0.3) is 5.56 Å². The summed E-state index contributed by atoms with van der Waals surface area (Å²) in [5, 5.41) is 5.80. The molecule has 0 atom stereocenters. The molecule has 7 nitrogen and oxygen atoms in total. The molecule has 1 aliphatic heterocycles. The minimum Gasteiger partial charge on any atom is -0.497 e. The Balaban J connectivity index is 2.00. The molecule has 108 valence electrons.